The third-order valence-corrected chi connectivity index (χ3v) is 2.32. The first-order chi connectivity index (χ1) is 6.29. The maximum Gasteiger partial charge on any atom is 0.239 e. The first-order valence-corrected chi connectivity index (χ1v) is 4.49. The summed E-state index contributed by atoms with van der Waals surface area (Å²) in [4.78, 5) is 8.19. The van der Waals surface area contributed by atoms with Crippen LogP contribution in [0.5, 0.6) is 0 Å². The van der Waals surface area contributed by atoms with Crippen LogP contribution in [-0.4, -0.2) is 27.2 Å². The molecule has 2 aromatic heterocycles. The summed E-state index contributed by atoms with van der Waals surface area (Å²) in [5.74, 6) is 0.823. The van der Waals surface area contributed by atoms with Crippen molar-refractivity contribution in [2.45, 2.75) is 0 Å². The Kier molecular flexibility index (Phi) is 1.85. The number of thiazole rings is 1. The van der Waals surface area contributed by atoms with Crippen LogP contribution < -0.4 is 11.1 Å². The largest absolute Gasteiger partial charge is 0.366 e. The first kappa shape index (κ1) is 7.99. The van der Waals surface area contributed by atoms with Crippen LogP contribution in [0.1, 0.15) is 0 Å². The summed E-state index contributed by atoms with van der Waals surface area (Å²) >= 11 is 1.50. The standard InChI is InChI=1S/C6H8N6S/c1-8-6-9-3(2-13-6)4-10-5(7)12-11-4/h2H,1H3,(H,8,9)(H3,7,10,11,12). The fourth-order valence-electron chi connectivity index (χ4n) is 0.887. The van der Waals surface area contributed by atoms with E-state index < -0.39 is 0 Å². The van der Waals surface area contributed by atoms with Crippen molar-refractivity contribution in [1.82, 2.24) is 20.2 Å². The van der Waals surface area contributed by atoms with Crippen LogP contribution in [0.15, 0.2) is 5.38 Å². The zero-order chi connectivity index (χ0) is 9.26. The second-order valence-electron chi connectivity index (χ2n) is 2.33. The van der Waals surface area contributed by atoms with E-state index in [1.807, 2.05) is 12.4 Å². The normalized spacial score (nSPS) is 10.2. The first-order valence-electron chi connectivity index (χ1n) is 3.61. The highest BCUT2D eigenvalue weighted by Crippen LogP contribution is 2.21. The van der Waals surface area contributed by atoms with E-state index in [0.717, 1.165) is 10.8 Å². The molecule has 0 unspecified atom stereocenters. The zero-order valence-corrected chi connectivity index (χ0v) is 7.72. The molecular formula is C6H8N6S. The molecule has 0 spiro atoms. The minimum atomic E-state index is 0.231. The van der Waals surface area contributed by atoms with Crippen molar-refractivity contribution in [3.63, 3.8) is 0 Å². The highest BCUT2D eigenvalue weighted by Gasteiger charge is 2.06. The molecule has 2 aromatic rings. The molecule has 0 saturated heterocycles. The molecular weight excluding hydrogens is 188 g/mol. The number of aromatic nitrogens is 4. The van der Waals surface area contributed by atoms with Crippen molar-refractivity contribution in [2.75, 3.05) is 18.1 Å². The van der Waals surface area contributed by atoms with Gasteiger partial charge in [0.15, 0.2) is 11.0 Å². The van der Waals surface area contributed by atoms with Crippen LogP contribution in [-0.2, 0) is 0 Å². The van der Waals surface area contributed by atoms with E-state index in [9.17, 15) is 0 Å². The molecule has 0 bridgehead atoms. The van der Waals surface area contributed by atoms with Crippen LogP contribution in [0.4, 0.5) is 11.1 Å². The molecule has 0 fully saturated rings. The Morgan fingerprint density at radius 3 is 2.92 bits per heavy atom. The van der Waals surface area contributed by atoms with Crippen molar-refractivity contribution in [3.05, 3.63) is 5.38 Å². The third kappa shape index (κ3) is 1.45. The smallest absolute Gasteiger partial charge is 0.239 e. The maximum atomic E-state index is 5.36. The average Bonchev–Trinajstić information content (AvgIpc) is 2.71. The second kappa shape index (κ2) is 3.02. The molecule has 2 rings (SSSR count). The van der Waals surface area contributed by atoms with Crippen molar-refractivity contribution >= 4 is 22.4 Å². The lowest BCUT2D eigenvalue weighted by Gasteiger charge is -1.88. The van der Waals surface area contributed by atoms with Crippen molar-refractivity contribution in [3.8, 4) is 11.5 Å². The van der Waals surface area contributed by atoms with Gasteiger partial charge in [-0.25, -0.2) is 4.98 Å². The number of nitrogens with one attached hydrogen (secondary N) is 2. The Labute approximate surface area is 78.2 Å². The molecule has 6 nitrogen and oxygen atoms in total. The molecule has 2 heterocycles. The number of hydrogen-bond donors (Lipinski definition) is 3. The second-order valence-corrected chi connectivity index (χ2v) is 3.19. The molecule has 0 amide bonds. The zero-order valence-electron chi connectivity index (χ0n) is 6.90. The molecule has 68 valence electrons. The minimum absolute atomic E-state index is 0.231. The Balaban J connectivity index is 2.35. The van der Waals surface area contributed by atoms with E-state index in [1.54, 1.807) is 0 Å². The lowest BCUT2D eigenvalue weighted by molar-refractivity contribution is 1.10. The van der Waals surface area contributed by atoms with Crippen molar-refractivity contribution in [1.29, 1.82) is 0 Å². The van der Waals surface area contributed by atoms with Gasteiger partial charge < -0.3 is 11.1 Å². The quantitative estimate of drug-likeness (QED) is 0.652. The van der Waals surface area contributed by atoms with Crippen molar-refractivity contribution < 1.29 is 0 Å². The number of anilines is 2. The molecule has 0 aromatic carbocycles. The number of nitrogen functional groups attached to an aromatic ring is 1. The fourth-order valence-corrected chi connectivity index (χ4v) is 1.54. The monoisotopic (exact) mass is 196 g/mol. The number of nitrogens with two attached hydrogens (primary N) is 1. The van der Waals surface area contributed by atoms with E-state index >= 15 is 0 Å². The summed E-state index contributed by atoms with van der Waals surface area (Å²) in [7, 11) is 1.82. The summed E-state index contributed by atoms with van der Waals surface area (Å²) in [6.45, 7) is 0. The van der Waals surface area contributed by atoms with Gasteiger partial charge in [0.25, 0.3) is 0 Å². The molecule has 0 aliphatic carbocycles. The number of hydrogen-bond acceptors (Lipinski definition) is 6. The highest BCUT2D eigenvalue weighted by molar-refractivity contribution is 7.14. The predicted octanol–water partition coefficient (Wildman–Crippen LogP) is 0.552. The van der Waals surface area contributed by atoms with Gasteiger partial charge in [-0.2, -0.15) is 4.98 Å². The predicted molar refractivity (Wildman–Crippen MR) is 51.4 cm³/mol. The molecule has 7 heteroatoms. The fraction of sp³-hybridized carbons (Fsp3) is 0.167. The summed E-state index contributed by atoms with van der Waals surface area (Å²) < 4.78 is 0. The summed E-state index contributed by atoms with van der Waals surface area (Å²) in [6, 6.07) is 0. The van der Waals surface area contributed by atoms with Gasteiger partial charge >= 0.3 is 0 Å². The lowest BCUT2D eigenvalue weighted by atomic mass is 10.5. The number of H-pyrrole nitrogens is 1. The highest BCUT2D eigenvalue weighted by atomic mass is 32.1. The van der Waals surface area contributed by atoms with Crippen LogP contribution >= 0.6 is 11.3 Å². The van der Waals surface area contributed by atoms with Crippen molar-refractivity contribution in [2.24, 2.45) is 0 Å². The molecule has 0 saturated carbocycles. The Morgan fingerprint density at radius 2 is 2.38 bits per heavy atom. The van der Waals surface area contributed by atoms with E-state index in [4.69, 9.17) is 5.73 Å². The van der Waals surface area contributed by atoms with Gasteiger partial charge in [-0.3, -0.25) is 5.10 Å². The molecule has 13 heavy (non-hydrogen) atoms. The van der Waals surface area contributed by atoms with Crippen LogP contribution in [0.2, 0.25) is 0 Å². The third-order valence-electron chi connectivity index (χ3n) is 1.46. The van der Waals surface area contributed by atoms with Gasteiger partial charge in [0, 0.05) is 12.4 Å². The van der Waals surface area contributed by atoms with Gasteiger partial charge in [-0.1, -0.05) is 0 Å². The number of nitrogens with zero attached hydrogens (tertiary/aromatic N) is 3. The summed E-state index contributed by atoms with van der Waals surface area (Å²) in [5.41, 5.74) is 6.11. The van der Waals surface area contributed by atoms with Gasteiger partial charge in [-0.05, 0) is 0 Å². The van der Waals surface area contributed by atoms with Gasteiger partial charge in [0.2, 0.25) is 5.95 Å². The lowest BCUT2D eigenvalue weighted by Crippen LogP contribution is -1.87. The van der Waals surface area contributed by atoms with E-state index in [0.29, 0.717) is 5.82 Å². The van der Waals surface area contributed by atoms with E-state index in [-0.39, 0.29) is 5.95 Å². The summed E-state index contributed by atoms with van der Waals surface area (Å²) in [5, 5.41) is 12.1. The Hall–Kier alpha value is -1.63. The number of aromatic amines is 1. The molecule has 4 N–H and O–H groups in total. The van der Waals surface area contributed by atoms with Crippen LogP contribution in [0.3, 0.4) is 0 Å². The van der Waals surface area contributed by atoms with Crippen LogP contribution in [0.25, 0.3) is 11.5 Å². The SMILES string of the molecule is CNc1nc(-c2nc(N)n[nH]2)cs1. The maximum absolute atomic E-state index is 5.36. The number of rotatable bonds is 2. The summed E-state index contributed by atoms with van der Waals surface area (Å²) in [6.07, 6.45) is 0. The Morgan fingerprint density at radius 1 is 1.54 bits per heavy atom. The topological polar surface area (TPSA) is 92.5 Å². The minimum Gasteiger partial charge on any atom is -0.366 e. The van der Waals surface area contributed by atoms with Gasteiger partial charge in [0.05, 0.1) is 0 Å². The molecule has 0 atom stereocenters. The van der Waals surface area contributed by atoms with E-state index in [2.05, 4.69) is 25.5 Å². The molecule has 0 radical (unpaired) electrons. The van der Waals surface area contributed by atoms with E-state index in [1.165, 1.54) is 11.3 Å². The van der Waals surface area contributed by atoms with Gasteiger partial charge in [-0.15, -0.1) is 16.4 Å². The van der Waals surface area contributed by atoms with Gasteiger partial charge in [0.1, 0.15) is 5.69 Å². The average molecular weight is 196 g/mol. The van der Waals surface area contributed by atoms with Crippen LogP contribution in [0, 0.1) is 0 Å². The Bertz CT molecular complexity index is 405. The molecule has 0 aliphatic rings. The molecule has 0 aliphatic heterocycles.